The monoisotopic (exact) mass is 543 g/mol. The van der Waals surface area contributed by atoms with E-state index >= 15 is 0 Å². The first-order chi connectivity index (χ1) is 19.6. The van der Waals surface area contributed by atoms with Crippen molar-refractivity contribution in [2.45, 2.75) is 76.5 Å². The number of hydrogen-bond acceptors (Lipinski definition) is 9. The van der Waals surface area contributed by atoms with Gasteiger partial charge in [-0.15, -0.1) is 0 Å². The maximum absolute atomic E-state index is 10.5. The van der Waals surface area contributed by atoms with Gasteiger partial charge in [0.25, 0.3) is 0 Å². The maximum Gasteiger partial charge on any atom is 0.318 e. The molecule has 0 spiro atoms. The molecule has 2 unspecified atom stereocenters. The minimum absolute atomic E-state index is 0.113. The number of nitriles is 1. The Kier molecular flexibility index (Phi) is 8.03. The summed E-state index contributed by atoms with van der Waals surface area (Å²) in [5.41, 5.74) is 5.10. The van der Waals surface area contributed by atoms with Crippen LogP contribution in [0.5, 0.6) is 6.01 Å². The number of rotatable bonds is 9. The summed E-state index contributed by atoms with van der Waals surface area (Å²) in [6.07, 6.45) is 5.68. The molecule has 2 fully saturated rings. The Hall–Kier alpha value is -3.03. The van der Waals surface area contributed by atoms with Crippen LogP contribution in [0.1, 0.15) is 61.0 Å². The standard InChI is InChI=1S/C31H41N7O2/c1-3-29(39)38-17-16-36(18-23(38)13-14-32)30-26-19-37(28-12-11-22-8-5-6-10-25(22)28)20-27(26)33-31(34-30)40-21-24-9-7-15-35(24)4-2/h3,5-6,8,10,23-24,28-29,39H,1,4,7,9,11-13,15-21H2,2H3/t23-,24-,28?,29?/m0/s1. The smallest absolute Gasteiger partial charge is 0.318 e. The predicted molar refractivity (Wildman–Crippen MR) is 154 cm³/mol. The van der Waals surface area contributed by atoms with Crippen molar-refractivity contribution in [1.29, 1.82) is 5.26 Å². The summed E-state index contributed by atoms with van der Waals surface area (Å²) in [7, 11) is 0. The van der Waals surface area contributed by atoms with Gasteiger partial charge in [0, 0.05) is 56.4 Å². The van der Waals surface area contributed by atoms with Gasteiger partial charge >= 0.3 is 6.01 Å². The molecule has 9 heteroatoms. The molecule has 2 aromatic rings. The first-order valence-electron chi connectivity index (χ1n) is 14.9. The fourth-order valence-corrected chi connectivity index (χ4v) is 7.20. The van der Waals surface area contributed by atoms with E-state index in [0.717, 1.165) is 57.0 Å². The van der Waals surface area contributed by atoms with Gasteiger partial charge in [-0.1, -0.05) is 37.8 Å². The van der Waals surface area contributed by atoms with Gasteiger partial charge in [-0.25, -0.2) is 0 Å². The Morgan fingerprint density at radius 1 is 1.18 bits per heavy atom. The van der Waals surface area contributed by atoms with E-state index in [2.05, 4.69) is 58.5 Å². The molecule has 1 aliphatic carbocycles. The zero-order chi connectivity index (χ0) is 27.6. The number of likely N-dealkylation sites (tertiary alicyclic amines) is 1. The average Bonchev–Trinajstić information content (AvgIpc) is 3.73. The van der Waals surface area contributed by atoms with Crippen molar-refractivity contribution in [3.05, 3.63) is 59.3 Å². The molecule has 3 aliphatic heterocycles. The number of benzene rings is 1. The number of piperazine rings is 1. The van der Waals surface area contributed by atoms with E-state index in [1.54, 1.807) is 0 Å². The van der Waals surface area contributed by atoms with E-state index in [1.807, 2.05) is 4.90 Å². The lowest BCUT2D eigenvalue weighted by Gasteiger charge is -2.43. The van der Waals surface area contributed by atoms with Gasteiger partial charge in [0.05, 0.1) is 18.2 Å². The molecule has 9 nitrogen and oxygen atoms in total. The molecule has 1 N–H and O–H groups in total. The summed E-state index contributed by atoms with van der Waals surface area (Å²) < 4.78 is 6.32. The van der Waals surface area contributed by atoms with Gasteiger partial charge in [0.1, 0.15) is 18.7 Å². The lowest BCUT2D eigenvalue weighted by molar-refractivity contribution is 0.00430. The number of ether oxygens (including phenoxy) is 1. The molecule has 4 heterocycles. The van der Waals surface area contributed by atoms with Crippen molar-refractivity contribution in [1.82, 2.24) is 24.7 Å². The van der Waals surface area contributed by atoms with Crippen LogP contribution in [0.3, 0.4) is 0 Å². The van der Waals surface area contributed by atoms with Gasteiger partial charge in [-0.05, 0) is 56.0 Å². The van der Waals surface area contributed by atoms with Crippen LogP contribution in [0, 0.1) is 11.3 Å². The third-order valence-corrected chi connectivity index (χ3v) is 9.32. The molecular formula is C31H41N7O2. The van der Waals surface area contributed by atoms with Crippen molar-refractivity contribution < 1.29 is 9.84 Å². The van der Waals surface area contributed by atoms with Gasteiger partial charge in [0.2, 0.25) is 0 Å². The largest absolute Gasteiger partial charge is 0.462 e. The van der Waals surface area contributed by atoms with Crippen LogP contribution in [0.4, 0.5) is 5.82 Å². The normalized spacial score (nSPS) is 25.9. The number of hydrogen-bond donors (Lipinski definition) is 1. The van der Waals surface area contributed by atoms with Gasteiger partial charge < -0.3 is 14.7 Å². The molecule has 1 aromatic carbocycles. The van der Waals surface area contributed by atoms with Crippen molar-refractivity contribution in [3.8, 4) is 12.1 Å². The zero-order valence-corrected chi connectivity index (χ0v) is 23.6. The summed E-state index contributed by atoms with van der Waals surface area (Å²) in [6.45, 7) is 12.2. The number of aryl methyl sites for hydroxylation is 1. The van der Waals surface area contributed by atoms with E-state index in [-0.39, 0.29) is 6.04 Å². The van der Waals surface area contributed by atoms with E-state index in [0.29, 0.717) is 50.8 Å². The van der Waals surface area contributed by atoms with Crippen molar-refractivity contribution in [2.24, 2.45) is 0 Å². The van der Waals surface area contributed by atoms with Crippen LogP contribution in [0.25, 0.3) is 0 Å². The number of aromatic nitrogens is 2. The van der Waals surface area contributed by atoms with Crippen LogP contribution in [-0.2, 0) is 19.5 Å². The molecule has 0 amide bonds. The molecule has 4 atom stereocenters. The predicted octanol–water partition coefficient (Wildman–Crippen LogP) is 3.25. The van der Waals surface area contributed by atoms with E-state index < -0.39 is 6.23 Å². The van der Waals surface area contributed by atoms with Gasteiger partial charge in [-0.3, -0.25) is 14.7 Å². The van der Waals surface area contributed by atoms with E-state index in [9.17, 15) is 10.4 Å². The molecule has 1 aromatic heterocycles. The molecule has 0 bridgehead atoms. The summed E-state index contributed by atoms with van der Waals surface area (Å²) in [5, 5.41) is 20.1. The maximum atomic E-state index is 10.5. The highest BCUT2D eigenvalue weighted by atomic mass is 16.5. The number of nitrogens with zero attached hydrogens (tertiary/aromatic N) is 7. The summed E-state index contributed by atoms with van der Waals surface area (Å²) in [5.74, 6) is 0.920. The van der Waals surface area contributed by atoms with Crippen LogP contribution in [0.2, 0.25) is 0 Å². The van der Waals surface area contributed by atoms with Gasteiger partial charge in [0.15, 0.2) is 0 Å². The lowest BCUT2D eigenvalue weighted by atomic mass is 10.1. The minimum Gasteiger partial charge on any atom is -0.462 e. The summed E-state index contributed by atoms with van der Waals surface area (Å²) >= 11 is 0. The Balaban J connectivity index is 1.28. The van der Waals surface area contributed by atoms with Crippen LogP contribution in [-0.4, -0.2) is 87.4 Å². The Bertz CT molecular complexity index is 1260. The first-order valence-corrected chi connectivity index (χ1v) is 14.9. The number of aliphatic hydroxyl groups excluding tert-OH is 1. The van der Waals surface area contributed by atoms with Crippen LogP contribution in [0.15, 0.2) is 36.9 Å². The van der Waals surface area contributed by atoms with Crippen molar-refractivity contribution in [3.63, 3.8) is 0 Å². The Morgan fingerprint density at radius 2 is 2.05 bits per heavy atom. The fourth-order valence-electron chi connectivity index (χ4n) is 7.20. The van der Waals surface area contributed by atoms with Gasteiger partial charge in [-0.2, -0.15) is 15.2 Å². The summed E-state index contributed by atoms with van der Waals surface area (Å²) in [4.78, 5) is 19.3. The molecule has 6 rings (SSSR count). The van der Waals surface area contributed by atoms with E-state index in [4.69, 9.17) is 14.7 Å². The van der Waals surface area contributed by atoms with Crippen molar-refractivity contribution >= 4 is 5.82 Å². The highest BCUT2D eigenvalue weighted by molar-refractivity contribution is 5.53. The number of likely N-dealkylation sites (N-methyl/N-ethyl adjacent to an activating group) is 1. The molecule has 4 aliphatic rings. The lowest BCUT2D eigenvalue weighted by Crippen LogP contribution is -2.56. The highest BCUT2D eigenvalue weighted by Gasteiger charge is 2.38. The molecule has 0 saturated carbocycles. The Morgan fingerprint density at radius 3 is 2.88 bits per heavy atom. The first kappa shape index (κ1) is 27.2. The quantitative estimate of drug-likeness (QED) is 0.479. The van der Waals surface area contributed by atoms with Crippen LogP contribution >= 0.6 is 0 Å². The fraction of sp³-hybridized carbons (Fsp3) is 0.581. The number of fused-ring (bicyclic) bond motifs is 2. The number of aliphatic hydroxyl groups is 1. The van der Waals surface area contributed by atoms with Crippen molar-refractivity contribution in [2.75, 3.05) is 44.2 Å². The summed E-state index contributed by atoms with van der Waals surface area (Å²) in [6, 6.07) is 12.2. The molecule has 40 heavy (non-hydrogen) atoms. The second-order valence-corrected chi connectivity index (χ2v) is 11.5. The number of anilines is 1. The van der Waals surface area contributed by atoms with Crippen LogP contribution < -0.4 is 9.64 Å². The highest BCUT2D eigenvalue weighted by Crippen LogP contribution is 2.42. The third kappa shape index (κ3) is 5.21. The average molecular weight is 544 g/mol. The van der Waals surface area contributed by atoms with E-state index in [1.165, 1.54) is 29.2 Å². The molecule has 0 radical (unpaired) electrons. The zero-order valence-electron chi connectivity index (χ0n) is 23.6. The molecule has 2 saturated heterocycles. The molecular weight excluding hydrogens is 502 g/mol. The topological polar surface area (TPSA) is 92.0 Å². The second kappa shape index (κ2) is 11.8. The Labute approximate surface area is 237 Å². The molecule has 212 valence electrons. The third-order valence-electron chi connectivity index (χ3n) is 9.32. The SMILES string of the molecule is C=CC(O)N1CCN(c2nc(OC[C@@H]3CCCN3CC)nc3c2CN(C2CCc4ccccc42)C3)C[C@@H]1CC#N. The second-order valence-electron chi connectivity index (χ2n) is 11.5. The minimum atomic E-state index is -0.763.